The van der Waals surface area contributed by atoms with E-state index < -0.39 is 0 Å². The molecule has 1 aliphatic carbocycles. The summed E-state index contributed by atoms with van der Waals surface area (Å²) < 4.78 is 5.17. The average molecular weight is 248 g/mol. The molecule has 1 aliphatic rings. The molecule has 4 heteroatoms. The van der Waals surface area contributed by atoms with Gasteiger partial charge in [-0.25, -0.2) is 4.79 Å². The van der Waals surface area contributed by atoms with Crippen molar-refractivity contribution in [2.24, 2.45) is 5.73 Å². The molecule has 0 bridgehead atoms. The molecular weight excluding hydrogens is 228 g/mol. The molecule has 98 valence electrons. The van der Waals surface area contributed by atoms with E-state index in [0.29, 0.717) is 6.61 Å². The van der Waals surface area contributed by atoms with Crippen molar-refractivity contribution < 1.29 is 9.53 Å². The Hall–Kier alpha value is -1.55. The number of nitrogens with two attached hydrogens (primary N) is 1. The SMILES string of the molecule is N[C@@H]1CCCC[C@H]1NC(=O)OCc1ccccc1. The molecule has 0 heterocycles. The summed E-state index contributed by atoms with van der Waals surface area (Å²) in [4.78, 5) is 11.6. The highest BCUT2D eigenvalue weighted by atomic mass is 16.5. The van der Waals surface area contributed by atoms with Crippen molar-refractivity contribution in [2.75, 3.05) is 0 Å². The number of ether oxygens (including phenoxy) is 1. The van der Waals surface area contributed by atoms with Gasteiger partial charge in [-0.05, 0) is 18.4 Å². The third kappa shape index (κ3) is 3.74. The van der Waals surface area contributed by atoms with Gasteiger partial charge >= 0.3 is 6.09 Å². The van der Waals surface area contributed by atoms with Crippen LogP contribution in [0.3, 0.4) is 0 Å². The Labute approximate surface area is 108 Å². The maximum absolute atomic E-state index is 11.6. The van der Waals surface area contributed by atoms with Crippen LogP contribution in [0.15, 0.2) is 30.3 Å². The first-order chi connectivity index (χ1) is 8.75. The van der Waals surface area contributed by atoms with Crippen molar-refractivity contribution in [3.8, 4) is 0 Å². The van der Waals surface area contributed by atoms with Gasteiger partial charge in [0.2, 0.25) is 0 Å². The van der Waals surface area contributed by atoms with Crippen molar-refractivity contribution in [2.45, 2.75) is 44.4 Å². The molecule has 1 aromatic rings. The minimum absolute atomic E-state index is 0.0574. The zero-order chi connectivity index (χ0) is 12.8. The van der Waals surface area contributed by atoms with E-state index in [9.17, 15) is 4.79 Å². The summed E-state index contributed by atoms with van der Waals surface area (Å²) in [5.41, 5.74) is 6.95. The molecule has 0 spiro atoms. The molecule has 0 aromatic heterocycles. The predicted molar refractivity (Wildman–Crippen MR) is 70.0 cm³/mol. The van der Waals surface area contributed by atoms with Crippen molar-refractivity contribution in [1.29, 1.82) is 0 Å². The van der Waals surface area contributed by atoms with Gasteiger partial charge in [-0.3, -0.25) is 0 Å². The lowest BCUT2D eigenvalue weighted by molar-refractivity contribution is 0.131. The Kier molecular flexibility index (Phi) is 4.59. The number of carbonyl (C=O) groups is 1. The maximum Gasteiger partial charge on any atom is 0.407 e. The summed E-state index contributed by atoms with van der Waals surface area (Å²) in [5, 5.41) is 2.85. The van der Waals surface area contributed by atoms with Crippen LogP contribution in [0.25, 0.3) is 0 Å². The molecule has 0 aliphatic heterocycles. The Morgan fingerprint density at radius 3 is 2.72 bits per heavy atom. The van der Waals surface area contributed by atoms with Crippen LogP contribution < -0.4 is 11.1 Å². The summed E-state index contributed by atoms with van der Waals surface area (Å²) in [5.74, 6) is 0. The third-order valence-electron chi connectivity index (χ3n) is 3.34. The van der Waals surface area contributed by atoms with Crippen LogP contribution in [0.2, 0.25) is 0 Å². The largest absolute Gasteiger partial charge is 0.445 e. The van der Waals surface area contributed by atoms with Crippen LogP contribution >= 0.6 is 0 Å². The Balaban J connectivity index is 1.75. The fraction of sp³-hybridized carbons (Fsp3) is 0.500. The van der Waals surface area contributed by atoms with Crippen molar-refractivity contribution in [1.82, 2.24) is 5.32 Å². The van der Waals surface area contributed by atoms with E-state index in [0.717, 1.165) is 31.2 Å². The first-order valence-corrected chi connectivity index (χ1v) is 6.48. The van der Waals surface area contributed by atoms with E-state index in [4.69, 9.17) is 10.5 Å². The topological polar surface area (TPSA) is 64.3 Å². The monoisotopic (exact) mass is 248 g/mol. The summed E-state index contributed by atoms with van der Waals surface area (Å²) in [7, 11) is 0. The van der Waals surface area contributed by atoms with Crippen LogP contribution in [0.4, 0.5) is 4.79 Å². The summed E-state index contributed by atoms with van der Waals surface area (Å²) in [6, 6.07) is 9.76. The fourth-order valence-electron chi connectivity index (χ4n) is 2.25. The molecule has 3 N–H and O–H groups in total. The summed E-state index contributed by atoms with van der Waals surface area (Å²) >= 11 is 0. The van der Waals surface area contributed by atoms with Gasteiger partial charge in [0.15, 0.2) is 0 Å². The van der Waals surface area contributed by atoms with Crippen molar-refractivity contribution >= 4 is 6.09 Å². The minimum atomic E-state index is -0.374. The number of carbonyl (C=O) groups excluding carboxylic acids is 1. The standard InChI is InChI=1S/C14H20N2O2/c15-12-8-4-5-9-13(12)16-14(17)18-10-11-6-2-1-3-7-11/h1-3,6-7,12-13H,4-5,8-10,15H2,(H,16,17)/t12-,13-/m1/s1. The van der Waals surface area contributed by atoms with E-state index in [2.05, 4.69) is 5.32 Å². The molecule has 1 aromatic carbocycles. The zero-order valence-electron chi connectivity index (χ0n) is 10.5. The van der Waals surface area contributed by atoms with E-state index in [1.54, 1.807) is 0 Å². The normalized spacial score (nSPS) is 23.4. The van der Waals surface area contributed by atoms with Crippen LogP contribution in [0.5, 0.6) is 0 Å². The van der Waals surface area contributed by atoms with E-state index >= 15 is 0 Å². The maximum atomic E-state index is 11.6. The van der Waals surface area contributed by atoms with E-state index in [1.165, 1.54) is 0 Å². The van der Waals surface area contributed by atoms with Crippen molar-refractivity contribution in [3.63, 3.8) is 0 Å². The van der Waals surface area contributed by atoms with Gasteiger partial charge in [0.05, 0.1) is 0 Å². The number of nitrogens with one attached hydrogen (secondary N) is 1. The lowest BCUT2D eigenvalue weighted by Crippen LogP contribution is -2.49. The molecule has 4 nitrogen and oxygen atoms in total. The van der Waals surface area contributed by atoms with Gasteiger partial charge in [-0.2, -0.15) is 0 Å². The van der Waals surface area contributed by atoms with Crippen molar-refractivity contribution in [3.05, 3.63) is 35.9 Å². The zero-order valence-corrected chi connectivity index (χ0v) is 10.5. The molecule has 2 rings (SSSR count). The first kappa shape index (κ1) is 12.9. The van der Waals surface area contributed by atoms with Crippen LogP contribution in [-0.4, -0.2) is 18.2 Å². The molecule has 0 radical (unpaired) electrons. The molecule has 2 atom stereocenters. The summed E-state index contributed by atoms with van der Waals surface area (Å²) in [6.07, 6.45) is 3.82. The van der Waals surface area contributed by atoms with Crippen LogP contribution in [0, 0.1) is 0 Å². The Morgan fingerprint density at radius 1 is 1.28 bits per heavy atom. The number of alkyl carbamates (subject to hydrolysis) is 1. The number of amides is 1. The quantitative estimate of drug-likeness (QED) is 0.861. The second kappa shape index (κ2) is 6.40. The highest BCUT2D eigenvalue weighted by Gasteiger charge is 2.23. The second-order valence-electron chi connectivity index (χ2n) is 4.76. The first-order valence-electron chi connectivity index (χ1n) is 6.48. The Bertz CT molecular complexity index is 381. The predicted octanol–water partition coefficient (Wildman–Crippen LogP) is 2.18. The van der Waals surface area contributed by atoms with Gasteiger partial charge in [-0.1, -0.05) is 43.2 Å². The molecule has 1 amide bonds. The van der Waals surface area contributed by atoms with E-state index in [1.807, 2.05) is 30.3 Å². The Morgan fingerprint density at radius 2 is 2.00 bits per heavy atom. The second-order valence-corrected chi connectivity index (χ2v) is 4.76. The third-order valence-corrected chi connectivity index (χ3v) is 3.34. The van der Waals surface area contributed by atoms with E-state index in [-0.39, 0.29) is 18.2 Å². The number of hydrogen-bond acceptors (Lipinski definition) is 3. The molecule has 0 saturated heterocycles. The smallest absolute Gasteiger partial charge is 0.407 e. The highest BCUT2D eigenvalue weighted by molar-refractivity contribution is 5.67. The average Bonchev–Trinajstić information content (AvgIpc) is 2.40. The number of hydrogen-bond donors (Lipinski definition) is 2. The van der Waals surface area contributed by atoms with Crippen LogP contribution in [-0.2, 0) is 11.3 Å². The van der Waals surface area contributed by atoms with Gasteiger partial charge in [0.25, 0.3) is 0 Å². The fourth-order valence-corrected chi connectivity index (χ4v) is 2.25. The lowest BCUT2D eigenvalue weighted by atomic mass is 9.91. The molecule has 0 unspecified atom stereocenters. The highest BCUT2D eigenvalue weighted by Crippen LogP contribution is 2.16. The molecule has 1 fully saturated rings. The van der Waals surface area contributed by atoms with Gasteiger partial charge in [0, 0.05) is 12.1 Å². The number of rotatable bonds is 3. The molecule has 1 saturated carbocycles. The molecular formula is C14H20N2O2. The lowest BCUT2D eigenvalue weighted by Gasteiger charge is -2.28. The minimum Gasteiger partial charge on any atom is -0.445 e. The molecule has 18 heavy (non-hydrogen) atoms. The van der Waals surface area contributed by atoms with Gasteiger partial charge in [-0.15, -0.1) is 0 Å². The van der Waals surface area contributed by atoms with Gasteiger partial charge < -0.3 is 15.8 Å². The number of benzene rings is 1. The van der Waals surface area contributed by atoms with Gasteiger partial charge in [0.1, 0.15) is 6.61 Å². The van der Waals surface area contributed by atoms with Crippen LogP contribution in [0.1, 0.15) is 31.2 Å². The summed E-state index contributed by atoms with van der Waals surface area (Å²) in [6.45, 7) is 0.300.